The molecule has 1 unspecified atom stereocenters. The third-order valence-corrected chi connectivity index (χ3v) is 6.17. The van der Waals surface area contributed by atoms with E-state index in [9.17, 15) is 0 Å². The fourth-order valence-electron chi connectivity index (χ4n) is 4.22. The molecule has 3 N–H and O–H groups in total. The average molecular weight is 456 g/mol. The molecule has 34 heavy (non-hydrogen) atoms. The van der Waals surface area contributed by atoms with Crippen LogP contribution in [-0.4, -0.2) is 35.6 Å². The average Bonchev–Trinajstić information content (AvgIpc) is 2.83. The van der Waals surface area contributed by atoms with Crippen LogP contribution >= 0.6 is 0 Å². The smallest absolute Gasteiger partial charge is 0.227 e. The van der Waals surface area contributed by atoms with E-state index in [1.807, 2.05) is 55.6 Å². The molecule has 0 bridgehead atoms. The maximum atomic E-state index is 6.04. The Labute approximate surface area is 199 Å². The van der Waals surface area contributed by atoms with Gasteiger partial charge in [-0.25, -0.2) is 9.97 Å². The molecule has 0 amide bonds. The van der Waals surface area contributed by atoms with Gasteiger partial charge in [-0.05, 0) is 73.5 Å². The third kappa shape index (κ3) is 4.66. The lowest BCUT2D eigenvalue weighted by molar-refractivity contribution is 0.312. The lowest BCUT2D eigenvalue weighted by atomic mass is 9.99. The highest BCUT2D eigenvalue weighted by Gasteiger charge is 2.17. The molecule has 2 heterocycles. The van der Waals surface area contributed by atoms with Gasteiger partial charge in [0.25, 0.3) is 0 Å². The van der Waals surface area contributed by atoms with Gasteiger partial charge in [0.05, 0.1) is 18.3 Å². The minimum Gasteiger partial charge on any atom is -0.495 e. The Bertz CT molecular complexity index is 1320. The van der Waals surface area contributed by atoms with Crippen LogP contribution in [0.1, 0.15) is 29.7 Å². The molecule has 1 aromatic heterocycles. The number of methoxy groups -OCH3 is 1. The summed E-state index contributed by atoms with van der Waals surface area (Å²) in [6.45, 7) is 3.93. The zero-order chi connectivity index (χ0) is 23.7. The van der Waals surface area contributed by atoms with Gasteiger partial charge in [-0.1, -0.05) is 12.1 Å². The van der Waals surface area contributed by atoms with Crippen molar-refractivity contribution >= 4 is 22.5 Å². The van der Waals surface area contributed by atoms with Gasteiger partial charge in [-0.15, -0.1) is 0 Å². The molecule has 0 saturated carbocycles. The Morgan fingerprint density at radius 2 is 1.82 bits per heavy atom. The summed E-state index contributed by atoms with van der Waals surface area (Å²) in [5, 5.41) is 4.28. The maximum absolute atomic E-state index is 6.04. The van der Waals surface area contributed by atoms with Crippen LogP contribution in [0.3, 0.4) is 0 Å². The van der Waals surface area contributed by atoms with Gasteiger partial charge in [-0.3, -0.25) is 0 Å². The summed E-state index contributed by atoms with van der Waals surface area (Å²) in [4.78, 5) is 11.5. The zero-order valence-electron chi connectivity index (χ0n) is 19.7. The quantitative estimate of drug-likeness (QED) is 0.414. The van der Waals surface area contributed by atoms with E-state index < -0.39 is 0 Å². The van der Waals surface area contributed by atoms with E-state index >= 15 is 0 Å². The van der Waals surface area contributed by atoms with Crippen LogP contribution in [0.5, 0.6) is 17.2 Å². The molecule has 3 aromatic carbocycles. The number of ether oxygens (including phenoxy) is 2. The van der Waals surface area contributed by atoms with Crippen molar-refractivity contribution in [2.75, 3.05) is 26.0 Å². The summed E-state index contributed by atoms with van der Waals surface area (Å²) in [7, 11) is 3.83. The number of likely N-dealkylation sites (N-methyl/N-ethyl adjacent to an activating group) is 1. The van der Waals surface area contributed by atoms with Crippen molar-refractivity contribution in [1.82, 2.24) is 14.9 Å². The molecule has 174 valence electrons. The van der Waals surface area contributed by atoms with Crippen LogP contribution in [-0.2, 0) is 13.0 Å². The summed E-state index contributed by atoms with van der Waals surface area (Å²) < 4.78 is 11.7. The van der Waals surface area contributed by atoms with E-state index in [4.69, 9.17) is 20.2 Å². The summed E-state index contributed by atoms with van der Waals surface area (Å²) in [6, 6.07) is 17.9. The van der Waals surface area contributed by atoms with Crippen molar-refractivity contribution in [2.45, 2.75) is 25.9 Å². The van der Waals surface area contributed by atoms with Crippen molar-refractivity contribution in [3.63, 3.8) is 0 Å². The molecule has 5 rings (SSSR count). The first-order chi connectivity index (χ1) is 16.5. The largest absolute Gasteiger partial charge is 0.495 e. The Hall–Kier alpha value is -3.68. The fourth-order valence-corrected chi connectivity index (χ4v) is 4.22. The topological polar surface area (TPSA) is 85.5 Å². The van der Waals surface area contributed by atoms with Crippen molar-refractivity contribution in [3.8, 4) is 17.2 Å². The Balaban J connectivity index is 1.40. The molecule has 7 heteroatoms. The standard InChI is InChI=1S/C27H29N5O2/c1-17(28)18-4-7-22(8-5-18)34-23-9-6-20-15-29-27(30-24(20)14-23)31-25-12-21-16-32(2)11-10-19(21)13-26(25)33-3/h4-9,12-15,17H,10-11,16,28H2,1-3H3,(H,29,30,31). The lowest BCUT2D eigenvalue weighted by Crippen LogP contribution is -2.26. The van der Waals surface area contributed by atoms with Crippen LogP contribution in [0.4, 0.5) is 11.6 Å². The Morgan fingerprint density at radius 1 is 1.03 bits per heavy atom. The molecule has 0 spiro atoms. The molecule has 0 fully saturated rings. The number of benzene rings is 3. The molecule has 0 radical (unpaired) electrons. The maximum Gasteiger partial charge on any atom is 0.227 e. The third-order valence-electron chi connectivity index (χ3n) is 6.17. The number of hydrogen-bond acceptors (Lipinski definition) is 7. The number of hydrogen-bond donors (Lipinski definition) is 2. The summed E-state index contributed by atoms with van der Waals surface area (Å²) in [5.41, 5.74) is 11.3. The van der Waals surface area contributed by atoms with Crippen LogP contribution in [0.15, 0.2) is 60.8 Å². The first-order valence-corrected chi connectivity index (χ1v) is 11.4. The van der Waals surface area contributed by atoms with Crippen LogP contribution in [0, 0.1) is 0 Å². The Morgan fingerprint density at radius 3 is 2.59 bits per heavy atom. The van der Waals surface area contributed by atoms with Crippen molar-refractivity contribution in [2.24, 2.45) is 5.73 Å². The number of rotatable bonds is 6. The van der Waals surface area contributed by atoms with Crippen molar-refractivity contribution in [1.29, 1.82) is 0 Å². The first kappa shape index (κ1) is 22.1. The number of nitrogens with one attached hydrogen (secondary N) is 1. The molecular formula is C27H29N5O2. The zero-order valence-corrected chi connectivity index (χ0v) is 19.7. The van der Waals surface area contributed by atoms with E-state index in [0.29, 0.717) is 11.7 Å². The van der Waals surface area contributed by atoms with E-state index in [2.05, 4.69) is 34.4 Å². The second-order valence-corrected chi connectivity index (χ2v) is 8.81. The van der Waals surface area contributed by atoms with Crippen LogP contribution in [0.25, 0.3) is 10.9 Å². The monoisotopic (exact) mass is 455 g/mol. The van der Waals surface area contributed by atoms with Crippen molar-refractivity contribution in [3.05, 3.63) is 77.5 Å². The van der Waals surface area contributed by atoms with E-state index in [-0.39, 0.29) is 6.04 Å². The second kappa shape index (κ2) is 9.29. The minimum atomic E-state index is -0.00742. The molecule has 1 atom stereocenters. The number of nitrogens with two attached hydrogens (primary N) is 1. The van der Waals surface area contributed by atoms with Gasteiger partial charge in [0.1, 0.15) is 17.2 Å². The SMILES string of the molecule is COc1cc2c(cc1Nc1ncc3ccc(Oc4ccc(C(C)N)cc4)cc3n1)CN(C)CC2. The van der Waals surface area contributed by atoms with Gasteiger partial charge in [0.15, 0.2) is 0 Å². The Kier molecular flexibility index (Phi) is 6.04. The molecule has 7 nitrogen and oxygen atoms in total. The van der Waals surface area contributed by atoms with Crippen LogP contribution in [0.2, 0.25) is 0 Å². The fraction of sp³-hybridized carbons (Fsp3) is 0.259. The number of aromatic nitrogens is 2. The summed E-state index contributed by atoms with van der Waals surface area (Å²) in [5.74, 6) is 2.76. The normalized spacial score (nSPS) is 14.5. The minimum absolute atomic E-state index is 0.00742. The molecule has 4 aromatic rings. The van der Waals surface area contributed by atoms with E-state index in [1.165, 1.54) is 11.1 Å². The van der Waals surface area contributed by atoms with Gasteiger partial charge >= 0.3 is 0 Å². The second-order valence-electron chi connectivity index (χ2n) is 8.81. The van der Waals surface area contributed by atoms with Crippen molar-refractivity contribution < 1.29 is 9.47 Å². The molecule has 1 aliphatic rings. The molecule has 1 aliphatic heterocycles. The predicted octanol–water partition coefficient (Wildman–Crippen LogP) is 5.18. The number of nitrogens with zero attached hydrogens (tertiary/aromatic N) is 3. The van der Waals surface area contributed by atoms with Crippen LogP contribution < -0.4 is 20.5 Å². The summed E-state index contributed by atoms with van der Waals surface area (Å²) >= 11 is 0. The first-order valence-electron chi connectivity index (χ1n) is 11.4. The lowest BCUT2D eigenvalue weighted by Gasteiger charge is -2.26. The predicted molar refractivity (Wildman–Crippen MR) is 135 cm³/mol. The molecule has 0 saturated heterocycles. The highest BCUT2D eigenvalue weighted by Crippen LogP contribution is 2.33. The number of anilines is 2. The molecule has 0 aliphatic carbocycles. The van der Waals surface area contributed by atoms with Gasteiger partial charge in [0, 0.05) is 36.8 Å². The molecular weight excluding hydrogens is 426 g/mol. The van der Waals surface area contributed by atoms with E-state index in [0.717, 1.165) is 53.2 Å². The highest BCUT2D eigenvalue weighted by atomic mass is 16.5. The van der Waals surface area contributed by atoms with Gasteiger partial charge < -0.3 is 25.4 Å². The number of fused-ring (bicyclic) bond motifs is 2. The van der Waals surface area contributed by atoms with E-state index in [1.54, 1.807) is 7.11 Å². The summed E-state index contributed by atoms with van der Waals surface area (Å²) in [6.07, 6.45) is 2.83. The highest BCUT2D eigenvalue weighted by molar-refractivity contribution is 5.81. The van der Waals surface area contributed by atoms with Gasteiger partial charge in [-0.2, -0.15) is 0 Å². The van der Waals surface area contributed by atoms with Gasteiger partial charge in [0.2, 0.25) is 5.95 Å².